The summed E-state index contributed by atoms with van der Waals surface area (Å²) in [7, 11) is -3.83. The van der Waals surface area contributed by atoms with Gasteiger partial charge in [-0.25, -0.2) is 17.9 Å². The fourth-order valence-corrected chi connectivity index (χ4v) is 4.01. The zero-order chi connectivity index (χ0) is 16.3. The maximum absolute atomic E-state index is 12.5. The molecule has 1 aliphatic carbocycles. The zero-order valence-electron chi connectivity index (χ0n) is 12.3. The van der Waals surface area contributed by atoms with Crippen LogP contribution in [0.1, 0.15) is 41.3 Å². The number of benzene rings is 1. The van der Waals surface area contributed by atoms with Gasteiger partial charge in [-0.15, -0.1) is 0 Å². The molecule has 7 heteroatoms. The number of nitrogens with zero attached hydrogens (tertiary/aromatic N) is 1. The molecule has 1 aliphatic rings. The maximum atomic E-state index is 12.5. The quantitative estimate of drug-likeness (QED) is 0.858. The molecule has 118 valence electrons. The van der Waals surface area contributed by atoms with Gasteiger partial charge in [-0.2, -0.15) is 5.26 Å². The third kappa shape index (κ3) is 3.46. The summed E-state index contributed by atoms with van der Waals surface area (Å²) in [6, 6.07) is 4.74. The number of fused-ring (bicyclic) bond motifs is 1. The van der Waals surface area contributed by atoms with Crippen LogP contribution in [0.3, 0.4) is 0 Å². The Labute approximate surface area is 129 Å². The third-order valence-electron chi connectivity index (χ3n) is 3.76. The van der Waals surface area contributed by atoms with E-state index in [0.717, 1.165) is 18.4 Å². The number of aromatic carboxylic acids is 1. The molecule has 0 bridgehead atoms. The summed E-state index contributed by atoms with van der Waals surface area (Å²) >= 11 is 0. The summed E-state index contributed by atoms with van der Waals surface area (Å²) in [5.74, 6) is -1.59. The highest BCUT2D eigenvalue weighted by atomic mass is 32.2. The van der Waals surface area contributed by atoms with Crippen LogP contribution in [0.15, 0.2) is 17.0 Å². The number of nitrogens with one attached hydrogen (secondary N) is 1. The van der Waals surface area contributed by atoms with Gasteiger partial charge in [0.25, 0.3) is 0 Å². The summed E-state index contributed by atoms with van der Waals surface area (Å²) in [4.78, 5) is 11.3. The average molecular weight is 322 g/mol. The van der Waals surface area contributed by atoms with Gasteiger partial charge in [0.05, 0.1) is 22.4 Å². The number of carboxylic acids is 1. The van der Waals surface area contributed by atoms with E-state index < -0.39 is 21.9 Å². The highest BCUT2D eigenvalue weighted by Gasteiger charge is 2.25. The van der Waals surface area contributed by atoms with Crippen LogP contribution >= 0.6 is 0 Å². The van der Waals surface area contributed by atoms with Gasteiger partial charge >= 0.3 is 5.97 Å². The second-order valence-electron chi connectivity index (χ2n) is 5.51. The zero-order valence-corrected chi connectivity index (χ0v) is 13.1. The van der Waals surface area contributed by atoms with E-state index in [0.29, 0.717) is 18.4 Å². The minimum atomic E-state index is -3.83. The first-order valence-electron chi connectivity index (χ1n) is 7.13. The van der Waals surface area contributed by atoms with E-state index in [2.05, 4.69) is 4.72 Å². The Morgan fingerprint density at radius 1 is 1.41 bits per heavy atom. The number of sulfonamides is 1. The number of hydrogen-bond donors (Lipinski definition) is 2. The summed E-state index contributed by atoms with van der Waals surface area (Å²) in [6.07, 6.45) is 3.12. The molecule has 1 aromatic rings. The minimum absolute atomic E-state index is 0.00487. The number of carboxylic acid groups (broad SMARTS) is 1. The summed E-state index contributed by atoms with van der Waals surface area (Å²) < 4.78 is 27.4. The molecule has 0 spiro atoms. The molecule has 0 heterocycles. The van der Waals surface area contributed by atoms with Gasteiger partial charge in [0.1, 0.15) is 0 Å². The van der Waals surface area contributed by atoms with Crippen LogP contribution in [0.2, 0.25) is 0 Å². The Morgan fingerprint density at radius 3 is 2.73 bits per heavy atom. The first-order chi connectivity index (χ1) is 10.3. The maximum Gasteiger partial charge on any atom is 0.335 e. The second-order valence-corrected chi connectivity index (χ2v) is 7.24. The van der Waals surface area contributed by atoms with Crippen LogP contribution < -0.4 is 4.72 Å². The van der Waals surface area contributed by atoms with Crippen molar-refractivity contribution in [1.82, 2.24) is 4.72 Å². The summed E-state index contributed by atoms with van der Waals surface area (Å²) in [6.45, 7) is 1.62. The second kappa shape index (κ2) is 6.46. The predicted molar refractivity (Wildman–Crippen MR) is 80.0 cm³/mol. The third-order valence-corrected chi connectivity index (χ3v) is 5.25. The number of carbonyl (C=O) groups is 1. The minimum Gasteiger partial charge on any atom is -0.478 e. The topological polar surface area (TPSA) is 107 Å². The lowest BCUT2D eigenvalue weighted by atomic mass is 9.90. The smallest absolute Gasteiger partial charge is 0.335 e. The molecule has 0 aromatic heterocycles. The normalized spacial score (nSPS) is 15.6. The van der Waals surface area contributed by atoms with Crippen molar-refractivity contribution in [2.45, 2.75) is 37.5 Å². The molecule has 0 amide bonds. The Hall–Kier alpha value is -1.91. The Bertz CT molecular complexity index is 735. The fourth-order valence-electron chi connectivity index (χ4n) is 2.55. The molecule has 0 fully saturated rings. The van der Waals surface area contributed by atoms with E-state index >= 15 is 0 Å². The van der Waals surface area contributed by atoms with Crippen LogP contribution in [0.5, 0.6) is 0 Å². The standard InChI is InChI=1S/C15H18N2O4S/c1-10(8-16)9-17-22(20,21)14-7-12(15(18)19)6-11-4-2-3-5-13(11)14/h6-7,10,17H,2-5,9H2,1H3,(H,18,19)/t10-/m1/s1. The van der Waals surface area contributed by atoms with Crippen molar-refractivity contribution in [1.29, 1.82) is 5.26 Å². The van der Waals surface area contributed by atoms with E-state index in [1.165, 1.54) is 6.07 Å². The summed E-state index contributed by atoms with van der Waals surface area (Å²) in [5.41, 5.74) is 1.47. The molecule has 0 unspecified atom stereocenters. The monoisotopic (exact) mass is 322 g/mol. The highest BCUT2D eigenvalue weighted by molar-refractivity contribution is 7.89. The van der Waals surface area contributed by atoms with Crippen LogP contribution in [-0.4, -0.2) is 26.0 Å². The van der Waals surface area contributed by atoms with Crippen LogP contribution in [0.25, 0.3) is 0 Å². The number of aryl methyl sites for hydroxylation is 1. The van der Waals surface area contributed by atoms with E-state index in [1.807, 2.05) is 6.07 Å². The lowest BCUT2D eigenvalue weighted by Gasteiger charge is -2.20. The van der Waals surface area contributed by atoms with Crippen LogP contribution in [0, 0.1) is 17.2 Å². The van der Waals surface area contributed by atoms with E-state index in [-0.39, 0.29) is 17.0 Å². The Morgan fingerprint density at radius 2 is 2.09 bits per heavy atom. The van der Waals surface area contributed by atoms with Gasteiger partial charge in [0, 0.05) is 6.54 Å². The van der Waals surface area contributed by atoms with Crippen LogP contribution in [0.4, 0.5) is 0 Å². The van der Waals surface area contributed by atoms with Crippen molar-refractivity contribution in [3.8, 4) is 6.07 Å². The molecule has 6 nitrogen and oxygen atoms in total. The van der Waals surface area contributed by atoms with Crippen molar-refractivity contribution in [2.75, 3.05) is 6.54 Å². The molecule has 2 rings (SSSR count). The molecular formula is C15H18N2O4S. The molecular weight excluding hydrogens is 304 g/mol. The van der Waals surface area contributed by atoms with Gasteiger partial charge in [0.15, 0.2) is 0 Å². The molecule has 0 aliphatic heterocycles. The van der Waals surface area contributed by atoms with E-state index in [9.17, 15) is 18.3 Å². The van der Waals surface area contributed by atoms with Crippen molar-refractivity contribution < 1.29 is 18.3 Å². The molecule has 22 heavy (non-hydrogen) atoms. The first kappa shape index (κ1) is 16.5. The number of rotatable bonds is 5. The van der Waals surface area contributed by atoms with Gasteiger partial charge in [-0.3, -0.25) is 0 Å². The summed E-state index contributed by atoms with van der Waals surface area (Å²) in [5, 5.41) is 17.9. The molecule has 1 aromatic carbocycles. The van der Waals surface area contributed by atoms with Gasteiger partial charge < -0.3 is 5.11 Å². The molecule has 0 saturated heterocycles. The Kier molecular flexibility index (Phi) is 4.84. The largest absolute Gasteiger partial charge is 0.478 e. The van der Waals surface area contributed by atoms with Gasteiger partial charge in [-0.05, 0) is 55.9 Å². The first-order valence-corrected chi connectivity index (χ1v) is 8.62. The average Bonchev–Trinajstić information content (AvgIpc) is 2.51. The lowest BCUT2D eigenvalue weighted by molar-refractivity contribution is 0.0696. The number of nitriles is 1. The Balaban J connectivity index is 2.46. The molecule has 1 atom stereocenters. The van der Waals surface area contributed by atoms with E-state index in [4.69, 9.17) is 5.26 Å². The van der Waals surface area contributed by atoms with Crippen molar-refractivity contribution >= 4 is 16.0 Å². The predicted octanol–water partition coefficient (Wildman–Crippen LogP) is 1.70. The van der Waals surface area contributed by atoms with E-state index in [1.54, 1.807) is 13.0 Å². The molecule has 0 radical (unpaired) electrons. The molecule has 0 saturated carbocycles. The highest BCUT2D eigenvalue weighted by Crippen LogP contribution is 2.29. The number of hydrogen-bond acceptors (Lipinski definition) is 4. The van der Waals surface area contributed by atoms with Crippen LogP contribution in [-0.2, 0) is 22.9 Å². The SMILES string of the molecule is C[C@H](C#N)CNS(=O)(=O)c1cc(C(=O)O)cc2c1CCCC2. The molecule has 2 N–H and O–H groups in total. The van der Waals surface area contributed by atoms with Crippen molar-refractivity contribution in [2.24, 2.45) is 5.92 Å². The lowest BCUT2D eigenvalue weighted by Crippen LogP contribution is -2.29. The van der Waals surface area contributed by atoms with Crippen molar-refractivity contribution in [3.63, 3.8) is 0 Å². The van der Waals surface area contributed by atoms with Gasteiger partial charge in [0.2, 0.25) is 10.0 Å². The fraction of sp³-hybridized carbons (Fsp3) is 0.467. The van der Waals surface area contributed by atoms with Gasteiger partial charge in [-0.1, -0.05) is 0 Å². The van der Waals surface area contributed by atoms with Crippen molar-refractivity contribution in [3.05, 3.63) is 28.8 Å².